The minimum atomic E-state index is 0.335. The first-order valence-electron chi connectivity index (χ1n) is 6.77. The van der Waals surface area contributed by atoms with Crippen molar-refractivity contribution in [3.05, 3.63) is 11.1 Å². The quantitative estimate of drug-likeness (QED) is 0.854. The number of nitrogens with zero attached hydrogens (tertiary/aromatic N) is 3. The van der Waals surface area contributed by atoms with E-state index in [1.165, 1.54) is 25.9 Å². The Kier molecular flexibility index (Phi) is 4.97. The number of aromatic nitrogens is 1. The molecule has 0 aliphatic carbocycles. The van der Waals surface area contributed by atoms with E-state index in [0.717, 1.165) is 23.9 Å². The average Bonchev–Trinajstić information content (AvgIpc) is 3.05. The third kappa shape index (κ3) is 3.43. The largest absolute Gasteiger partial charge is 0.350 e. The summed E-state index contributed by atoms with van der Waals surface area (Å²) >= 11 is 1.74. The number of thiazole rings is 1. The molecule has 1 aliphatic heterocycles. The fraction of sp³-hybridized carbons (Fsp3) is 0.769. The zero-order valence-electron chi connectivity index (χ0n) is 11.6. The lowest BCUT2D eigenvalue weighted by Gasteiger charge is -2.20. The molecule has 0 aromatic carbocycles. The van der Waals surface area contributed by atoms with E-state index in [4.69, 9.17) is 0 Å². The average molecular weight is 268 g/mol. The zero-order chi connectivity index (χ0) is 13.0. The SMILES string of the molecule is CNC(C)c1csc(N(C)CCN2CCCC2)n1. The van der Waals surface area contributed by atoms with Crippen LogP contribution in [0.5, 0.6) is 0 Å². The summed E-state index contributed by atoms with van der Waals surface area (Å²) in [7, 11) is 4.11. The summed E-state index contributed by atoms with van der Waals surface area (Å²) in [5, 5.41) is 6.51. The van der Waals surface area contributed by atoms with Crippen LogP contribution in [0, 0.1) is 0 Å². The molecule has 0 radical (unpaired) electrons. The van der Waals surface area contributed by atoms with E-state index in [9.17, 15) is 0 Å². The molecule has 0 saturated carbocycles. The van der Waals surface area contributed by atoms with Gasteiger partial charge in [-0.1, -0.05) is 0 Å². The van der Waals surface area contributed by atoms with Gasteiger partial charge in [-0.3, -0.25) is 0 Å². The first-order chi connectivity index (χ1) is 8.70. The summed E-state index contributed by atoms with van der Waals surface area (Å²) in [6, 6.07) is 0.335. The first-order valence-corrected chi connectivity index (χ1v) is 7.65. The maximum absolute atomic E-state index is 4.69. The van der Waals surface area contributed by atoms with Gasteiger partial charge in [0.2, 0.25) is 0 Å². The van der Waals surface area contributed by atoms with Crippen molar-refractivity contribution in [2.45, 2.75) is 25.8 Å². The highest BCUT2D eigenvalue weighted by atomic mass is 32.1. The van der Waals surface area contributed by atoms with Crippen molar-refractivity contribution in [3.63, 3.8) is 0 Å². The first kappa shape index (κ1) is 13.8. The van der Waals surface area contributed by atoms with E-state index >= 15 is 0 Å². The standard InChI is InChI=1S/C13H24N4S/c1-11(14-2)12-10-18-13(15-12)16(3)8-9-17-6-4-5-7-17/h10-11,14H,4-9H2,1-3H3. The predicted octanol–water partition coefficient (Wildman–Crippen LogP) is 1.96. The van der Waals surface area contributed by atoms with Crippen LogP contribution in [0.2, 0.25) is 0 Å². The molecule has 1 saturated heterocycles. The van der Waals surface area contributed by atoms with Gasteiger partial charge >= 0.3 is 0 Å². The minimum Gasteiger partial charge on any atom is -0.350 e. The van der Waals surface area contributed by atoms with Gasteiger partial charge in [0.05, 0.1) is 5.69 Å². The van der Waals surface area contributed by atoms with E-state index in [1.54, 1.807) is 11.3 Å². The van der Waals surface area contributed by atoms with Gasteiger partial charge < -0.3 is 15.1 Å². The lowest BCUT2D eigenvalue weighted by molar-refractivity contribution is 0.346. The Labute approximate surface area is 114 Å². The molecule has 0 amide bonds. The van der Waals surface area contributed by atoms with Crippen LogP contribution in [-0.2, 0) is 0 Å². The van der Waals surface area contributed by atoms with E-state index in [0.29, 0.717) is 6.04 Å². The Morgan fingerprint density at radius 2 is 2.22 bits per heavy atom. The molecule has 2 heterocycles. The minimum absolute atomic E-state index is 0.335. The topological polar surface area (TPSA) is 31.4 Å². The van der Waals surface area contributed by atoms with Crippen molar-refractivity contribution < 1.29 is 0 Å². The third-order valence-electron chi connectivity index (χ3n) is 3.66. The molecule has 1 aliphatic rings. The van der Waals surface area contributed by atoms with Gasteiger partial charge in [-0.15, -0.1) is 11.3 Å². The molecule has 1 fully saturated rings. The number of likely N-dealkylation sites (tertiary alicyclic amines) is 1. The van der Waals surface area contributed by atoms with Crippen LogP contribution in [0.1, 0.15) is 31.5 Å². The molecule has 1 unspecified atom stereocenters. The Balaban J connectivity index is 1.84. The zero-order valence-corrected chi connectivity index (χ0v) is 12.5. The van der Waals surface area contributed by atoms with Gasteiger partial charge in [0, 0.05) is 31.6 Å². The fourth-order valence-electron chi connectivity index (χ4n) is 2.19. The van der Waals surface area contributed by atoms with E-state index in [2.05, 4.69) is 39.5 Å². The van der Waals surface area contributed by atoms with Gasteiger partial charge in [0.15, 0.2) is 5.13 Å². The summed E-state index contributed by atoms with van der Waals surface area (Å²) < 4.78 is 0. The lowest BCUT2D eigenvalue weighted by atomic mass is 10.3. The number of nitrogens with one attached hydrogen (secondary N) is 1. The monoisotopic (exact) mass is 268 g/mol. The Hall–Kier alpha value is -0.650. The molecule has 2 rings (SSSR count). The van der Waals surface area contributed by atoms with Crippen molar-refractivity contribution in [1.82, 2.24) is 15.2 Å². The fourth-order valence-corrected chi connectivity index (χ4v) is 3.10. The third-order valence-corrected chi connectivity index (χ3v) is 4.64. The summed E-state index contributed by atoms with van der Waals surface area (Å²) in [5.41, 5.74) is 1.14. The number of rotatable bonds is 6. The van der Waals surface area contributed by atoms with Crippen molar-refractivity contribution in [2.24, 2.45) is 0 Å². The van der Waals surface area contributed by atoms with Crippen LogP contribution >= 0.6 is 11.3 Å². The van der Waals surface area contributed by atoms with Crippen molar-refractivity contribution in [2.75, 3.05) is 45.2 Å². The van der Waals surface area contributed by atoms with Crippen LogP contribution in [0.15, 0.2) is 5.38 Å². The summed E-state index contributed by atoms with van der Waals surface area (Å²) in [6.45, 7) is 6.92. The summed E-state index contributed by atoms with van der Waals surface area (Å²) in [5.74, 6) is 0. The molecule has 0 spiro atoms. The lowest BCUT2D eigenvalue weighted by Crippen LogP contribution is -2.31. The van der Waals surface area contributed by atoms with Gasteiger partial charge in [-0.2, -0.15) is 0 Å². The maximum atomic E-state index is 4.69. The summed E-state index contributed by atoms with van der Waals surface area (Å²) in [6.07, 6.45) is 2.73. The maximum Gasteiger partial charge on any atom is 0.185 e. The molecule has 1 aromatic rings. The van der Waals surface area contributed by atoms with Crippen molar-refractivity contribution in [1.29, 1.82) is 0 Å². The number of hydrogen-bond donors (Lipinski definition) is 1. The van der Waals surface area contributed by atoms with Gasteiger partial charge in [-0.25, -0.2) is 4.98 Å². The van der Waals surface area contributed by atoms with Crippen LogP contribution in [-0.4, -0.2) is 50.2 Å². The predicted molar refractivity (Wildman–Crippen MR) is 78.5 cm³/mol. The van der Waals surface area contributed by atoms with E-state index in [-0.39, 0.29) is 0 Å². The van der Waals surface area contributed by atoms with Crippen LogP contribution < -0.4 is 10.2 Å². The normalized spacial score (nSPS) is 18.2. The Bertz CT molecular complexity index is 360. The number of hydrogen-bond acceptors (Lipinski definition) is 5. The molecule has 1 N–H and O–H groups in total. The second-order valence-corrected chi connectivity index (χ2v) is 5.87. The van der Waals surface area contributed by atoms with Crippen molar-refractivity contribution >= 4 is 16.5 Å². The highest BCUT2D eigenvalue weighted by Crippen LogP contribution is 2.23. The Morgan fingerprint density at radius 3 is 2.89 bits per heavy atom. The molecular weight excluding hydrogens is 244 g/mol. The Morgan fingerprint density at radius 1 is 1.50 bits per heavy atom. The van der Waals surface area contributed by atoms with E-state index < -0.39 is 0 Å². The highest BCUT2D eigenvalue weighted by Gasteiger charge is 2.14. The van der Waals surface area contributed by atoms with Gasteiger partial charge in [0.25, 0.3) is 0 Å². The van der Waals surface area contributed by atoms with E-state index in [1.807, 2.05) is 7.05 Å². The van der Waals surface area contributed by atoms with Crippen LogP contribution in [0.4, 0.5) is 5.13 Å². The smallest absolute Gasteiger partial charge is 0.185 e. The molecule has 0 bridgehead atoms. The second-order valence-electron chi connectivity index (χ2n) is 5.04. The van der Waals surface area contributed by atoms with Gasteiger partial charge in [0.1, 0.15) is 0 Å². The van der Waals surface area contributed by atoms with Crippen LogP contribution in [0.3, 0.4) is 0 Å². The molecule has 1 aromatic heterocycles. The van der Waals surface area contributed by atoms with Gasteiger partial charge in [-0.05, 0) is 39.9 Å². The molecular formula is C13H24N4S. The number of anilines is 1. The second kappa shape index (κ2) is 6.50. The molecule has 102 valence electrons. The van der Waals surface area contributed by atoms with Crippen molar-refractivity contribution in [3.8, 4) is 0 Å². The number of likely N-dealkylation sites (N-methyl/N-ethyl adjacent to an activating group) is 1. The summed E-state index contributed by atoms with van der Waals surface area (Å²) in [4.78, 5) is 9.51. The highest BCUT2D eigenvalue weighted by molar-refractivity contribution is 7.13. The van der Waals surface area contributed by atoms with Crippen LogP contribution in [0.25, 0.3) is 0 Å². The molecule has 5 heteroatoms. The molecule has 4 nitrogen and oxygen atoms in total. The molecule has 1 atom stereocenters. The molecule has 18 heavy (non-hydrogen) atoms.